The number of nitrogens with zero attached hydrogens (tertiary/aromatic N) is 3. The van der Waals surface area contributed by atoms with E-state index in [9.17, 15) is 4.79 Å². The van der Waals surface area contributed by atoms with Crippen molar-refractivity contribution in [1.82, 2.24) is 9.38 Å². The van der Waals surface area contributed by atoms with Crippen LogP contribution in [0.15, 0.2) is 156 Å². The monoisotopic (exact) mass is 571 g/mol. The number of hydrogen-bond donors (Lipinski definition) is 0. The van der Waals surface area contributed by atoms with E-state index in [1.807, 2.05) is 36.4 Å². The molecule has 6 aromatic carbocycles. The van der Waals surface area contributed by atoms with Crippen molar-refractivity contribution in [3.05, 3.63) is 162 Å². The van der Waals surface area contributed by atoms with E-state index in [0.717, 1.165) is 43.9 Å². The minimum absolute atomic E-state index is 0.220. The van der Waals surface area contributed by atoms with Gasteiger partial charge in [0.05, 0.1) is 21.1 Å². The summed E-state index contributed by atoms with van der Waals surface area (Å²) in [5, 5.41) is 0.588. The van der Waals surface area contributed by atoms with E-state index in [1.54, 1.807) is 0 Å². The van der Waals surface area contributed by atoms with Gasteiger partial charge in [-0.3, -0.25) is 9.20 Å². The highest BCUT2D eigenvalue weighted by Crippen LogP contribution is 2.38. The molecule has 2 aromatic heterocycles. The van der Waals surface area contributed by atoms with E-state index in [-0.39, 0.29) is 5.56 Å². The Morgan fingerprint density at radius 2 is 1.02 bits per heavy atom. The average Bonchev–Trinajstić information content (AvgIpc) is 3.45. The highest BCUT2D eigenvalue weighted by molar-refractivity contribution is 7.23. The van der Waals surface area contributed by atoms with Crippen LogP contribution in [0.25, 0.3) is 48.3 Å². The van der Waals surface area contributed by atoms with Crippen LogP contribution in [0.5, 0.6) is 0 Å². The molecule has 0 aliphatic rings. The fourth-order valence-electron chi connectivity index (χ4n) is 5.77. The average molecular weight is 572 g/mol. The third kappa shape index (κ3) is 4.47. The maximum absolute atomic E-state index is 13.4. The number of aromatic nitrogens is 2. The summed E-state index contributed by atoms with van der Waals surface area (Å²) in [7, 11) is 0. The summed E-state index contributed by atoms with van der Waals surface area (Å²) in [6.45, 7) is 0. The Balaban J connectivity index is 1.29. The van der Waals surface area contributed by atoms with Gasteiger partial charge in [-0.05, 0) is 76.9 Å². The molecule has 5 heteroatoms. The molecule has 0 aliphatic carbocycles. The maximum atomic E-state index is 13.4. The van der Waals surface area contributed by atoms with Crippen molar-refractivity contribution in [2.45, 2.75) is 0 Å². The summed E-state index contributed by atoms with van der Waals surface area (Å²) in [5.41, 5.74) is 9.23. The van der Waals surface area contributed by atoms with Crippen LogP contribution >= 0.6 is 11.3 Å². The second-order valence-corrected chi connectivity index (χ2v) is 11.5. The van der Waals surface area contributed by atoms with Crippen LogP contribution in [0.4, 0.5) is 17.1 Å². The number of hydrogen-bond acceptors (Lipinski definition) is 4. The van der Waals surface area contributed by atoms with E-state index in [0.29, 0.717) is 10.3 Å². The summed E-state index contributed by atoms with van der Waals surface area (Å²) in [6.07, 6.45) is 0. The number of anilines is 3. The van der Waals surface area contributed by atoms with Crippen LogP contribution in [-0.2, 0) is 0 Å². The third-order valence-electron chi connectivity index (χ3n) is 7.87. The number of fused-ring (bicyclic) bond motifs is 5. The predicted molar refractivity (Wildman–Crippen MR) is 180 cm³/mol. The Hall–Kier alpha value is -5.52. The molecule has 4 nitrogen and oxygen atoms in total. The first kappa shape index (κ1) is 25.2. The molecular formula is C38H25N3OS. The summed E-state index contributed by atoms with van der Waals surface area (Å²) < 4.78 is 3.19. The largest absolute Gasteiger partial charge is 0.310 e. The van der Waals surface area contributed by atoms with Gasteiger partial charge < -0.3 is 4.90 Å². The molecule has 0 bridgehead atoms. The molecule has 2 heterocycles. The normalized spacial score (nSPS) is 11.3. The van der Waals surface area contributed by atoms with Crippen molar-refractivity contribution < 1.29 is 0 Å². The fraction of sp³-hybridized carbons (Fsp3) is 0. The summed E-state index contributed by atoms with van der Waals surface area (Å²) >= 11 is 1.54. The topological polar surface area (TPSA) is 37.6 Å². The smallest absolute Gasteiger partial charge is 0.281 e. The highest BCUT2D eigenvalue weighted by atomic mass is 32.1. The third-order valence-corrected chi connectivity index (χ3v) is 8.89. The molecule has 0 amide bonds. The second-order valence-electron chi connectivity index (χ2n) is 10.5. The van der Waals surface area contributed by atoms with Gasteiger partial charge in [0.1, 0.15) is 0 Å². The molecule has 8 rings (SSSR count). The van der Waals surface area contributed by atoms with Gasteiger partial charge in [0.15, 0.2) is 4.96 Å². The van der Waals surface area contributed by atoms with E-state index in [4.69, 9.17) is 0 Å². The van der Waals surface area contributed by atoms with Crippen LogP contribution in [-0.4, -0.2) is 9.38 Å². The molecular weight excluding hydrogens is 547 g/mol. The van der Waals surface area contributed by atoms with Crippen molar-refractivity contribution in [1.29, 1.82) is 0 Å². The zero-order valence-corrected chi connectivity index (χ0v) is 23.9. The molecule has 0 saturated heterocycles. The lowest BCUT2D eigenvalue weighted by Gasteiger charge is -2.26. The number of benzene rings is 6. The van der Waals surface area contributed by atoms with E-state index in [2.05, 4.69) is 130 Å². The molecule has 0 spiro atoms. The van der Waals surface area contributed by atoms with Gasteiger partial charge in [0.25, 0.3) is 5.56 Å². The van der Waals surface area contributed by atoms with Gasteiger partial charge in [-0.1, -0.05) is 108 Å². The second kappa shape index (κ2) is 10.4. The van der Waals surface area contributed by atoms with Gasteiger partial charge in [-0.15, -0.1) is 0 Å². The molecule has 0 N–H and O–H groups in total. The van der Waals surface area contributed by atoms with Gasteiger partial charge in [0.2, 0.25) is 0 Å². The Morgan fingerprint density at radius 3 is 1.63 bits per heavy atom. The lowest BCUT2D eigenvalue weighted by Crippen LogP contribution is -2.13. The number of thiazole rings is 1. The number of para-hydroxylation sites is 1. The highest BCUT2D eigenvalue weighted by Gasteiger charge is 2.17. The molecule has 0 unspecified atom stereocenters. The molecule has 0 saturated carbocycles. The van der Waals surface area contributed by atoms with Crippen molar-refractivity contribution in [2.24, 2.45) is 0 Å². The quantitative estimate of drug-likeness (QED) is 0.206. The standard InChI is InChI=1S/C38H25N3OS/c42-37-33-25-32(23-24-34(33)41-35-13-7-8-14-36(35)43-38(41)39-37)40(30-19-15-28(16-20-30)26-9-3-1-4-10-26)31-21-17-29(18-22-31)27-11-5-2-6-12-27/h1-25H. The van der Waals surface area contributed by atoms with Crippen molar-refractivity contribution in [3.8, 4) is 22.3 Å². The Morgan fingerprint density at radius 1 is 0.512 bits per heavy atom. The minimum Gasteiger partial charge on any atom is -0.310 e. The first-order chi connectivity index (χ1) is 21.2. The van der Waals surface area contributed by atoms with Crippen LogP contribution in [0.3, 0.4) is 0 Å². The van der Waals surface area contributed by atoms with Crippen LogP contribution in [0, 0.1) is 0 Å². The van der Waals surface area contributed by atoms with Gasteiger partial charge >= 0.3 is 0 Å². The first-order valence-electron chi connectivity index (χ1n) is 14.2. The van der Waals surface area contributed by atoms with E-state index < -0.39 is 0 Å². The van der Waals surface area contributed by atoms with Crippen LogP contribution in [0.2, 0.25) is 0 Å². The maximum Gasteiger partial charge on any atom is 0.281 e. The molecule has 0 radical (unpaired) electrons. The zero-order valence-electron chi connectivity index (χ0n) is 23.1. The van der Waals surface area contributed by atoms with Gasteiger partial charge in [-0.25, -0.2) is 0 Å². The molecule has 43 heavy (non-hydrogen) atoms. The van der Waals surface area contributed by atoms with Crippen LogP contribution in [0.1, 0.15) is 0 Å². The van der Waals surface area contributed by atoms with Crippen LogP contribution < -0.4 is 10.5 Å². The molecule has 0 aliphatic heterocycles. The predicted octanol–water partition coefficient (Wildman–Crippen LogP) is 9.87. The Labute approximate surface area is 252 Å². The zero-order chi connectivity index (χ0) is 28.8. The van der Waals surface area contributed by atoms with Gasteiger partial charge in [-0.2, -0.15) is 4.98 Å². The SMILES string of the molecule is O=c1nc2sc3ccccc3n2c2ccc(N(c3ccc(-c4ccccc4)cc3)c3ccc(-c4ccccc4)cc3)cc12. The fourth-order valence-corrected chi connectivity index (χ4v) is 6.80. The van der Waals surface area contributed by atoms with Crippen molar-refractivity contribution >= 4 is 54.5 Å². The lowest BCUT2D eigenvalue weighted by atomic mass is 10.0. The minimum atomic E-state index is -0.220. The molecule has 204 valence electrons. The summed E-state index contributed by atoms with van der Waals surface area (Å²) in [6, 6.07) is 52.2. The molecule has 0 fully saturated rings. The lowest BCUT2D eigenvalue weighted by molar-refractivity contribution is 1.20. The van der Waals surface area contributed by atoms with E-state index in [1.165, 1.54) is 22.5 Å². The summed E-state index contributed by atoms with van der Waals surface area (Å²) in [4.78, 5) is 20.8. The van der Waals surface area contributed by atoms with Gasteiger partial charge in [0, 0.05) is 17.1 Å². The van der Waals surface area contributed by atoms with Crippen molar-refractivity contribution in [2.75, 3.05) is 4.90 Å². The number of rotatable bonds is 5. The Bertz CT molecular complexity index is 2210. The Kier molecular flexibility index (Phi) is 6.09. The first-order valence-corrected chi connectivity index (χ1v) is 15.0. The summed E-state index contributed by atoms with van der Waals surface area (Å²) in [5.74, 6) is 0. The van der Waals surface area contributed by atoms with Crippen molar-refractivity contribution in [3.63, 3.8) is 0 Å². The van der Waals surface area contributed by atoms with E-state index >= 15 is 0 Å². The molecule has 8 aromatic rings. The molecule has 0 atom stereocenters.